The molecule has 0 spiro atoms. The molecule has 0 fully saturated rings. The van der Waals surface area contributed by atoms with Gasteiger partial charge in [0.25, 0.3) is 5.56 Å². The minimum Gasteiger partial charge on any atom is -0.469 e. The first-order chi connectivity index (χ1) is 11.5. The number of methoxy groups -OCH3 is 1. The average molecular weight is 333 g/mol. The second kappa shape index (κ2) is 7.72. The van der Waals surface area contributed by atoms with Gasteiger partial charge in [-0.3, -0.25) is 19.7 Å². The largest absolute Gasteiger partial charge is 0.469 e. The summed E-state index contributed by atoms with van der Waals surface area (Å²) in [6.07, 6.45) is 0.772. The lowest BCUT2D eigenvalue weighted by atomic mass is 10.1. The van der Waals surface area contributed by atoms with Crippen molar-refractivity contribution in [3.8, 4) is 5.69 Å². The maximum atomic E-state index is 13.1. The van der Waals surface area contributed by atoms with E-state index in [2.05, 4.69) is 14.8 Å². The first-order valence-electron chi connectivity index (χ1n) is 7.66. The summed E-state index contributed by atoms with van der Waals surface area (Å²) in [5, 5.41) is 2.91. The summed E-state index contributed by atoms with van der Waals surface area (Å²) in [5.41, 5.74) is 1.46. The van der Waals surface area contributed by atoms with Crippen molar-refractivity contribution >= 4 is 11.7 Å². The molecule has 0 amide bonds. The summed E-state index contributed by atoms with van der Waals surface area (Å²) in [6, 6.07) is 5.50. The number of benzene rings is 1. The highest BCUT2D eigenvalue weighted by Crippen LogP contribution is 2.11. The molecule has 2 aromatic rings. The molecule has 0 unspecified atom stereocenters. The molecule has 0 radical (unpaired) electrons. The van der Waals surface area contributed by atoms with Crippen LogP contribution in [0.15, 0.2) is 34.1 Å². The molecular weight excluding hydrogens is 313 g/mol. The molecule has 1 N–H and O–H groups in total. The predicted octanol–water partition coefficient (Wildman–Crippen LogP) is 2.24. The van der Waals surface area contributed by atoms with E-state index < -0.39 is 11.8 Å². The lowest BCUT2D eigenvalue weighted by Gasteiger charge is -2.02. The van der Waals surface area contributed by atoms with E-state index in [1.54, 1.807) is 6.92 Å². The van der Waals surface area contributed by atoms with Crippen LogP contribution in [-0.2, 0) is 16.0 Å². The van der Waals surface area contributed by atoms with Gasteiger partial charge in [-0.1, -0.05) is 6.92 Å². The Labute approximate surface area is 139 Å². The highest BCUT2D eigenvalue weighted by atomic mass is 19.1. The molecule has 0 aliphatic carbocycles. The Kier molecular flexibility index (Phi) is 5.68. The molecule has 128 valence electrons. The third-order valence-electron chi connectivity index (χ3n) is 3.53. The monoisotopic (exact) mass is 333 g/mol. The van der Waals surface area contributed by atoms with E-state index in [4.69, 9.17) is 0 Å². The Morgan fingerprint density at radius 3 is 2.58 bits per heavy atom. The van der Waals surface area contributed by atoms with Crippen LogP contribution < -0.4 is 5.56 Å². The zero-order valence-electron chi connectivity index (χ0n) is 13.9. The van der Waals surface area contributed by atoms with Gasteiger partial charge in [0, 0.05) is 12.3 Å². The number of ether oxygens (including phenoxy) is 1. The summed E-state index contributed by atoms with van der Waals surface area (Å²) in [6.45, 7) is 4.31. The normalized spacial score (nSPS) is 11.6. The summed E-state index contributed by atoms with van der Waals surface area (Å²) in [5.74, 6) is -0.860. The Bertz CT molecular complexity index is 803. The zero-order valence-corrected chi connectivity index (χ0v) is 13.9. The smallest absolute Gasteiger partial charge is 0.311 e. The van der Waals surface area contributed by atoms with Crippen LogP contribution >= 0.6 is 0 Å². The number of aromatic amines is 1. The molecule has 6 nitrogen and oxygen atoms in total. The van der Waals surface area contributed by atoms with Crippen molar-refractivity contribution < 1.29 is 13.9 Å². The number of carbonyl (C=O) groups is 1. The van der Waals surface area contributed by atoms with E-state index in [9.17, 15) is 14.0 Å². The number of nitrogens with one attached hydrogen (secondary N) is 1. The molecule has 0 atom stereocenters. The second-order valence-corrected chi connectivity index (χ2v) is 5.30. The van der Waals surface area contributed by atoms with Gasteiger partial charge < -0.3 is 4.74 Å². The van der Waals surface area contributed by atoms with Crippen LogP contribution in [0, 0.1) is 5.82 Å². The molecule has 1 aromatic carbocycles. The van der Waals surface area contributed by atoms with Gasteiger partial charge in [-0.25, -0.2) is 9.07 Å². The topological polar surface area (TPSA) is 76.4 Å². The van der Waals surface area contributed by atoms with Crippen LogP contribution in [0.4, 0.5) is 4.39 Å². The van der Waals surface area contributed by atoms with E-state index in [0.717, 1.165) is 6.42 Å². The molecule has 0 saturated carbocycles. The van der Waals surface area contributed by atoms with Crippen molar-refractivity contribution in [2.24, 2.45) is 4.99 Å². The fraction of sp³-hybridized carbons (Fsp3) is 0.353. The van der Waals surface area contributed by atoms with Crippen LogP contribution in [0.1, 0.15) is 31.5 Å². The van der Waals surface area contributed by atoms with Crippen molar-refractivity contribution in [2.45, 2.75) is 26.7 Å². The Morgan fingerprint density at radius 1 is 1.33 bits per heavy atom. The van der Waals surface area contributed by atoms with E-state index in [0.29, 0.717) is 29.2 Å². The molecule has 1 aromatic heterocycles. The number of aliphatic imine (C=N–C) groups is 1. The van der Waals surface area contributed by atoms with Gasteiger partial charge >= 0.3 is 5.97 Å². The van der Waals surface area contributed by atoms with Crippen molar-refractivity contribution in [3.63, 3.8) is 0 Å². The number of carbonyl (C=O) groups excluding carboxylic acids is 1. The maximum Gasteiger partial charge on any atom is 0.311 e. The SMILES string of the molecule is CCCN=C(C)c1c(CC(=O)OC)[nH]n(-c2ccc(F)cc2)c1=O. The Hall–Kier alpha value is -2.70. The maximum absolute atomic E-state index is 13.1. The number of halogens is 1. The lowest BCUT2D eigenvalue weighted by Crippen LogP contribution is -2.20. The molecular formula is C17H20FN3O3. The van der Waals surface area contributed by atoms with Crippen LogP contribution in [0.25, 0.3) is 5.69 Å². The number of rotatable bonds is 6. The highest BCUT2D eigenvalue weighted by Gasteiger charge is 2.20. The van der Waals surface area contributed by atoms with Crippen molar-refractivity contribution in [2.75, 3.05) is 13.7 Å². The van der Waals surface area contributed by atoms with E-state index >= 15 is 0 Å². The minimum absolute atomic E-state index is 0.0751. The molecule has 0 bridgehead atoms. The second-order valence-electron chi connectivity index (χ2n) is 5.30. The van der Waals surface area contributed by atoms with Gasteiger partial charge in [0.05, 0.1) is 30.5 Å². The van der Waals surface area contributed by atoms with Gasteiger partial charge in [-0.05, 0) is 37.6 Å². The van der Waals surface area contributed by atoms with Gasteiger partial charge in [-0.15, -0.1) is 0 Å². The van der Waals surface area contributed by atoms with Crippen LogP contribution in [0.5, 0.6) is 0 Å². The molecule has 7 heteroatoms. The first-order valence-corrected chi connectivity index (χ1v) is 7.66. The number of H-pyrrole nitrogens is 1. The number of hydrogen-bond acceptors (Lipinski definition) is 4. The van der Waals surface area contributed by atoms with Gasteiger partial charge in [-0.2, -0.15) is 0 Å². The average Bonchev–Trinajstić information content (AvgIpc) is 2.89. The Morgan fingerprint density at radius 2 is 2.00 bits per heavy atom. The Balaban J connectivity index is 2.56. The number of aromatic nitrogens is 2. The molecule has 1 heterocycles. The fourth-order valence-corrected chi connectivity index (χ4v) is 2.33. The summed E-state index contributed by atoms with van der Waals surface area (Å²) in [4.78, 5) is 28.7. The number of esters is 1. The van der Waals surface area contributed by atoms with Crippen molar-refractivity contribution in [1.29, 1.82) is 0 Å². The summed E-state index contributed by atoms with van der Waals surface area (Å²) in [7, 11) is 1.29. The zero-order chi connectivity index (χ0) is 17.7. The van der Waals surface area contributed by atoms with Crippen LogP contribution in [-0.4, -0.2) is 35.1 Å². The number of nitrogens with zero attached hydrogens (tertiary/aromatic N) is 2. The highest BCUT2D eigenvalue weighted by molar-refractivity contribution is 6.00. The molecule has 24 heavy (non-hydrogen) atoms. The van der Waals surface area contributed by atoms with Gasteiger partial charge in [0.2, 0.25) is 0 Å². The number of hydrogen-bond donors (Lipinski definition) is 1. The summed E-state index contributed by atoms with van der Waals surface area (Å²) < 4.78 is 19.1. The molecule has 0 aliphatic heterocycles. The summed E-state index contributed by atoms with van der Waals surface area (Å²) >= 11 is 0. The van der Waals surface area contributed by atoms with Crippen molar-refractivity contribution in [1.82, 2.24) is 9.78 Å². The van der Waals surface area contributed by atoms with E-state index in [1.165, 1.54) is 36.1 Å². The first kappa shape index (κ1) is 17.7. The van der Waals surface area contributed by atoms with E-state index in [-0.39, 0.29) is 12.0 Å². The van der Waals surface area contributed by atoms with Crippen molar-refractivity contribution in [3.05, 3.63) is 51.7 Å². The van der Waals surface area contributed by atoms with Crippen LogP contribution in [0.2, 0.25) is 0 Å². The molecule has 0 aliphatic rings. The molecule has 2 rings (SSSR count). The predicted molar refractivity (Wildman–Crippen MR) is 89.4 cm³/mol. The quantitative estimate of drug-likeness (QED) is 0.650. The third-order valence-corrected chi connectivity index (χ3v) is 3.53. The minimum atomic E-state index is -0.466. The fourth-order valence-electron chi connectivity index (χ4n) is 2.33. The third kappa shape index (κ3) is 3.79. The standard InChI is InChI=1S/C17H20FN3O3/c1-4-9-19-11(2)16-14(10-15(22)24-3)20-21(17(16)23)13-7-5-12(18)6-8-13/h5-8,20H,4,9-10H2,1-3H3. The van der Waals surface area contributed by atoms with Gasteiger partial charge in [0.1, 0.15) is 5.82 Å². The van der Waals surface area contributed by atoms with E-state index in [1.807, 2.05) is 6.92 Å². The van der Waals surface area contributed by atoms with Crippen LogP contribution in [0.3, 0.4) is 0 Å². The van der Waals surface area contributed by atoms with Gasteiger partial charge in [0.15, 0.2) is 0 Å². The molecule has 0 saturated heterocycles. The lowest BCUT2D eigenvalue weighted by molar-refractivity contribution is -0.139.